The Morgan fingerprint density at radius 3 is 2.48 bits per heavy atom. The number of aromatic nitrogens is 3. The van der Waals surface area contributed by atoms with Crippen LogP contribution in [0.3, 0.4) is 0 Å². The zero-order valence-corrected chi connectivity index (χ0v) is 25.6. The van der Waals surface area contributed by atoms with Crippen molar-refractivity contribution in [2.24, 2.45) is 5.41 Å². The first-order valence-electron chi connectivity index (χ1n) is 15.5. The molecule has 3 saturated heterocycles. The number of nitrogen functional groups attached to an aromatic ring is 1. The van der Waals surface area contributed by atoms with Gasteiger partial charge in [-0.25, -0.2) is 13.8 Å². The van der Waals surface area contributed by atoms with Crippen LogP contribution in [-0.2, 0) is 10.9 Å². The summed E-state index contributed by atoms with van der Waals surface area (Å²) >= 11 is 0.787. The lowest BCUT2D eigenvalue weighted by molar-refractivity contribution is -0.137. The number of nitrogens with one attached hydrogen (secondary N) is 1. The predicted octanol–water partition coefficient (Wildman–Crippen LogP) is 5.22. The molecule has 2 atom stereocenters. The minimum absolute atomic E-state index is 0.0455. The van der Waals surface area contributed by atoms with Gasteiger partial charge in [0.05, 0.1) is 35.6 Å². The Labute approximate surface area is 264 Å². The van der Waals surface area contributed by atoms with E-state index in [9.17, 15) is 17.6 Å². The Kier molecular flexibility index (Phi) is 7.23. The molecule has 5 heterocycles. The van der Waals surface area contributed by atoms with Crippen LogP contribution in [0.2, 0.25) is 0 Å². The summed E-state index contributed by atoms with van der Waals surface area (Å²) in [5, 5.41) is 3.41. The summed E-state index contributed by atoms with van der Waals surface area (Å²) in [5.41, 5.74) is 3.05. The van der Waals surface area contributed by atoms with Gasteiger partial charge in [0.2, 0.25) is 0 Å². The number of benzene rings is 2. The zero-order chi connectivity index (χ0) is 31.8. The van der Waals surface area contributed by atoms with E-state index in [1.54, 1.807) is 0 Å². The molecule has 46 heavy (non-hydrogen) atoms. The van der Waals surface area contributed by atoms with Crippen molar-refractivity contribution in [1.82, 2.24) is 25.2 Å². The molecule has 2 unspecified atom stereocenters. The molecule has 4 fully saturated rings. The molecule has 8 rings (SSSR count). The number of piperazine rings is 1. The Bertz CT molecular complexity index is 1810. The number of fused-ring (bicyclic) bond motifs is 4. The van der Waals surface area contributed by atoms with E-state index in [-0.39, 0.29) is 61.1 Å². The van der Waals surface area contributed by atoms with Gasteiger partial charge in [-0.2, -0.15) is 23.1 Å². The van der Waals surface area contributed by atoms with Crippen LogP contribution >= 0.6 is 11.3 Å². The van der Waals surface area contributed by atoms with Crippen molar-refractivity contribution in [3.05, 3.63) is 35.4 Å². The second-order valence-corrected chi connectivity index (χ2v) is 13.9. The number of halogens is 5. The standard InChI is InChI=1S/C31H32F5N7O2S/c32-21-4-3-18(25-26(21)46-28(37)39-25)22-20(31(34,35)36)11-19-24(23(22)33)40-29(41-27(19)43-12-16-1-2-17(13-43)38-16)45-15-30(5-6-30)14-42-7-9-44-10-8-42/h3-4,11,16-17,38H,1-2,5-10,12-15H2,(H2,37,39). The normalized spacial score (nSPS) is 23.0. The molecule has 3 aliphatic heterocycles. The smallest absolute Gasteiger partial charge is 0.417 e. The number of hydrogen-bond donors (Lipinski definition) is 2. The lowest BCUT2D eigenvalue weighted by Crippen LogP contribution is -2.51. The van der Waals surface area contributed by atoms with E-state index in [1.807, 2.05) is 4.90 Å². The Morgan fingerprint density at radius 2 is 1.78 bits per heavy atom. The molecular formula is C31H32F5N7O2S. The number of alkyl halides is 3. The van der Waals surface area contributed by atoms with Gasteiger partial charge in [-0.3, -0.25) is 4.90 Å². The molecule has 1 aliphatic carbocycles. The number of nitrogens with two attached hydrogens (primary N) is 1. The highest BCUT2D eigenvalue weighted by Gasteiger charge is 2.45. The second kappa shape index (κ2) is 11.1. The molecule has 2 aromatic heterocycles. The molecule has 0 radical (unpaired) electrons. The predicted molar refractivity (Wildman–Crippen MR) is 164 cm³/mol. The summed E-state index contributed by atoms with van der Waals surface area (Å²) in [6.45, 7) is 5.15. The number of hydrogen-bond acceptors (Lipinski definition) is 10. The van der Waals surface area contributed by atoms with E-state index in [4.69, 9.17) is 15.2 Å². The van der Waals surface area contributed by atoms with Gasteiger partial charge in [-0.1, -0.05) is 11.3 Å². The van der Waals surface area contributed by atoms with E-state index >= 15 is 4.39 Å². The quantitative estimate of drug-likeness (QED) is 0.259. The minimum Gasteiger partial charge on any atom is -0.463 e. The number of ether oxygens (including phenoxy) is 2. The van der Waals surface area contributed by atoms with Crippen molar-refractivity contribution in [3.8, 4) is 17.1 Å². The Balaban J connectivity index is 1.26. The van der Waals surface area contributed by atoms with E-state index < -0.39 is 28.9 Å². The first-order chi connectivity index (χ1) is 22.1. The minimum atomic E-state index is -4.96. The first kappa shape index (κ1) is 30.0. The maximum absolute atomic E-state index is 16.8. The summed E-state index contributed by atoms with van der Waals surface area (Å²) in [7, 11) is 0. The number of thiazole rings is 1. The summed E-state index contributed by atoms with van der Waals surface area (Å²) in [6.07, 6.45) is -1.19. The van der Waals surface area contributed by atoms with E-state index in [0.29, 0.717) is 32.9 Å². The molecule has 0 spiro atoms. The van der Waals surface area contributed by atoms with E-state index in [1.165, 1.54) is 0 Å². The highest BCUT2D eigenvalue weighted by molar-refractivity contribution is 7.22. The SMILES string of the molecule is Nc1nc2c(-c3c(C(F)(F)F)cc4c(N5CC6CCC(C5)N6)nc(OCC5(CN6CCOCC6)CC5)nc4c3F)ccc(F)c2s1. The van der Waals surface area contributed by atoms with Gasteiger partial charge in [-0.15, -0.1) is 0 Å². The van der Waals surface area contributed by atoms with Crippen molar-refractivity contribution in [2.75, 3.05) is 63.2 Å². The summed E-state index contributed by atoms with van der Waals surface area (Å²) in [4.78, 5) is 17.4. The second-order valence-electron chi connectivity index (χ2n) is 12.9. The number of rotatable bonds is 7. The van der Waals surface area contributed by atoms with E-state index in [2.05, 4.69) is 25.2 Å². The van der Waals surface area contributed by atoms with Crippen LogP contribution in [0.15, 0.2) is 18.2 Å². The van der Waals surface area contributed by atoms with Crippen LogP contribution in [0.1, 0.15) is 31.2 Å². The van der Waals surface area contributed by atoms with Crippen LogP contribution < -0.4 is 20.7 Å². The first-order valence-corrected chi connectivity index (χ1v) is 16.3. The van der Waals surface area contributed by atoms with Gasteiger partial charge in [0, 0.05) is 66.7 Å². The molecule has 4 aliphatic rings. The van der Waals surface area contributed by atoms with Crippen LogP contribution in [-0.4, -0.2) is 84.5 Å². The fourth-order valence-corrected chi connectivity index (χ4v) is 7.89. The average molecular weight is 662 g/mol. The molecule has 2 bridgehead atoms. The zero-order valence-electron chi connectivity index (χ0n) is 24.8. The lowest BCUT2D eigenvalue weighted by atomic mass is 9.95. The van der Waals surface area contributed by atoms with Gasteiger partial charge in [0.15, 0.2) is 10.9 Å². The molecule has 2 aromatic carbocycles. The van der Waals surface area contributed by atoms with Crippen LogP contribution in [0.25, 0.3) is 32.2 Å². The maximum atomic E-state index is 16.8. The highest BCUT2D eigenvalue weighted by Crippen LogP contribution is 2.48. The van der Waals surface area contributed by atoms with E-state index in [0.717, 1.165) is 74.9 Å². The van der Waals surface area contributed by atoms with Gasteiger partial charge < -0.3 is 25.4 Å². The summed E-state index contributed by atoms with van der Waals surface area (Å²) < 4.78 is 87.4. The molecule has 1 saturated carbocycles. The molecular weight excluding hydrogens is 629 g/mol. The third-order valence-electron chi connectivity index (χ3n) is 9.62. The Hall–Kier alpha value is -3.40. The Morgan fingerprint density at radius 1 is 1.04 bits per heavy atom. The summed E-state index contributed by atoms with van der Waals surface area (Å²) in [6, 6.07) is 3.21. The lowest BCUT2D eigenvalue weighted by Gasteiger charge is -2.34. The van der Waals surface area contributed by atoms with Crippen LogP contribution in [0, 0.1) is 17.0 Å². The van der Waals surface area contributed by atoms with Crippen molar-refractivity contribution >= 4 is 43.4 Å². The van der Waals surface area contributed by atoms with Crippen molar-refractivity contribution in [2.45, 2.75) is 43.9 Å². The van der Waals surface area contributed by atoms with Crippen LogP contribution in [0.4, 0.5) is 32.9 Å². The van der Waals surface area contributed by atoms with Gasteiger partial charge in [-0.05, 0) is 43.9 Å². The molecule has 3 N–H and O–H groups in total. The number of anilines is 2. The molecule has 4 aromatic rings. The maximum Gasteiger partial charge on any atom is 0.417 e. The highest BCUT2D eigenvalue weighted by atomic mass is 32.1. The summed E-state index contributed by atoms with van der Waals surface area (Å²) in [5.74, 6) is -1.71. The molecule has 9 nitrogen and oxygen atoms in total. The number of morpholine rings is 1. The molecule has 15 heteroatoms. The largest absolute Gasteiger partial charge is 0.463 e. The van der Waals surface area contributed by atoms with Gasteiger partial charge in [0.25, 0.3) is 0 Å². The molecule has 244 valence electrons. The van der Waals surface area contributed by atoms with Gasteiger partial charge in [0.1, 0.15) is 17.2 Å². The number of nitrogens with zero attached hydrogens (tertiary/aromatic N) is 5. The monoisotopic (exact) mass is 661 g/mol. The average Bonchev–Trinajstić information content (AvgIpc) is 3.54. The topological polar surface area (TPSA) is 102 Å². The van der Waals surface area contributed by atoms with Crippen molar-refractivity contribution < 1.29 is 31.4 Å². The molecule has 0 amide bonds. The fourth-order valence-electron chi connectivity index (χ4n) is 7.12. The van der Waals surface area contributed by atoms with Gasteiger partial charge >= 0.3 is 12.2 Å². The third kappa shape index (κ3) is 5.40. The third-order valence-corrected chi connectivity index (χ3v) is 10.5. The van der Waals surface area contributed by atoms with Crippen molar-refractivity contribution in [1.29, 1.82) is 0 Å². The van der Waals surface area contributed by atoms with Crippen molar-refractivity contribution in [3.63, 3.8) is 0 Å². The fraction of sp³-hybridized carbons (Fsp3) is 0.516. The van der Waals surface area contributed by atoms with Crippen LogP contribution in [0.5, 0.6) is 6.01 Å².